The van der Waals surface area contributed by atoms with E-state index in [1.54, 1.807) is 12.1 Å². The van der Waals surface area contributed by atoms with Gasteiger partial charge in [0.05, 0.1) is 0 Å². The zero-order valence-corrected chi connectivity index (χ0v) is 8.14. The van der Waals surface area contributed by atoms with Crippen LogP contribution in [-0.4, -0.2) is 17.2 Å². The molecule has 2 N–H and O–H groups in total. The van der Waals surface area contributed by atoms with Crippen molar-refractivity contribution in [3.05, 3.63) is 29.3 Å². The van der Waals surface area contributed by atoms with E-state index in [2.05, 4.69) is 0 Å². The van der Waals surface area contributed by atoms with Crippen LogP contribution in [-0.2, 0) is 0 Å². The summed E-state index contributed by atoms with van der Waals surface area (Å²) in [6, 6.07) is 7.21. The molecule has 0 amide bonds. The van der Waals surface area contributed by atoms with Crippen molar-refractivity contribution in [2.24, 2.45) is 0 Å². The quantitative estimate of drug-likeness (QED) is 0.698. The molecule has 2 rings (SSSR count). The number of hydrogen-bond acceptors (Lipinski definition) is 3. The molecule has 0 bridgehead atoms. The summed E-state index contributed by atoms with van der Waals surface area (Å²) in [6.07, 6.45) is 0. The smallest absolute Gasteiger partial charge is 0.423 e. The van der Waals surface area contributed by atoms with Crippen LogP contribution in [0.25, 0.3) is 10.1 Å². The Bertz CT molecular complexity index is 441. The third kappa shape index (κ3) is 1.71. The lowest BCUT2D eigenvalue weighted by molar-refractivity contribution is 0.427. The number of fused-ring (bicyclic) bond motifs is 1. The van der Waals surface area contributed by atoms with E-state index >= 15 is 0 Å². The van der Waals surface area contributed by atoms with Gasteiger partial charge >= 0.3 is 7.12 Å². The van der Waals surface area contributed by atoms with Gasteiger partial charge in [0.1, 0.15) is 0 Å². The number of hydrogen-bond donors (Lipinski definition) is 2. The Labute approximate surface area is 84.5 Å². The van der Waals surface area contributed by atoms with E-state index in [0.717, 1.165) is 10.1 Å². The van der Waals surface area contributed by atoms with Crippen molar-refractivity contribution in [3.63, 3.8) is 0 Å². The van der Waals surface area contributed by atoms with Crippen molar-refractivity contribution in [2.45, 2.75) is 0 Å². The standard InChI is InChI=1S/C8H6BClO2S/c10-6-2-1-5-3-8(9(11)12)13-7(5)4-6/h1-4,11-12H. The Morgan fingerprint density at radius 2 is 2.00 bits per heavy atom. The Hall–Kier alpha value is -0.545. The fraction of sp³-hybridized carbons (Fsp3) is 0. The molecule has 1 aromatic carbocycles. The summed E-state index contributed by atoms with van der Waals surface area (Å²) in [5.41, 5.74) is 0. The molecule has 0 saturated carbocycles. The van der Waals surface area contributed by atoms with Crippen LogP contribution in [0, 0.1) is 0 Å². The third-order valence-corrected chi connectivity index (χ3v) is 3.13. The summed E-state index contributed by atoms with van der Waals surface area (Å²) in [7, 11) is -1.39. The molecule has 13 heavy (non-hydrogen) atoms. The average molecular weight is 212 g/mol. The van der Waals surface area contributed by atoms with E-state index in [9.17, 15) is 0 Å². The molecular formula is C8H6BClO2S. The first kappa shape index (κ1) is 9.03. The highest BCUT2D eigenvalue weighted by molar-refractivity contribution is 7.27. The normalized spacial score (nSPS) is 10.7. The van der Waals surface area contributed by atoms with Gasteiger partial charge in [0.15, 0.2) is 0 Å². The summed E-state index contributed by atoms with van der Waals surface area (Å²) in [4.78, 5) is 0. The fourth-order valence-corrected chi connectivity index (χ4v) is 2.37. The topological polar surface area (TPSA) is 40.5 Å². The molecule has 2 aromatic rings. The molecule has 0 saturated heterocycles. The van der Waals surface area contributed by atoms with Crippen LogP contribution >= 0.6 is 22.9 Å². The van der Waals surface area contributed by atoms with Crippen molar-refractivity contribution in [1.29, 1.82) is 0 Å². The van der Waals surface area contributed by atoms with Crippen LogP contribution in [0.1, 0.15) is 0 Å². The predicted molar refractivity (Wildman–Crippen MR) is 56.7 cm³/mol. The second-order valence-corrected chi connectivity index (χ2v) is 4.26. The molecule has 0 atom stereocenters. The first-order valence-corrected chi connectivity index (χ1v) is 4.91. The first-order valence-electron chi connectivity index (χ1n) is 3.72. The largest absolute Gasteiger partial charge is 0.499 e. The molecule has 1 heterocycles. The van der Waals surface area contributed by atoms with Gasteiger partial charge in [0, 0.05) is 14.5 Å². The first-order chi connectivity index (χ1) is 6.16. The molecule has 0 fully saturated rings. The van der Waals surface area contributed by atoms with Crippen LogP contribution in [0.4, 0.5) is 0 Å². The molecule has 5 heteroatoms. The number of benzene rings is 1. The van der Waals surface area contributed by atoms with Crippen LogP contribution in [0.5, 0.6) is 0 Å². The molecule has 0 unspecified atom stereocenters. The molecule has 66 valence electrons. The van der Waals surface area contributed by atoms with Crippen LogP contribution in [0.2, 0.25) is 5.02 Å². The lowest BCUT2D eigenvalue weighted by Gasteiger charge is -1.88. The SMILES string of the molecule is OB(O)c1cc2ccc(Cl)cc2s1. The Kier molecular flexibility index (Phi) is 2.30. The van der Waals surface area contributed by atoms with Gasteiger partial charge in [-0.3, -0.25) is 0 Å². The van der Waals surface area contributed by atoms with E-state index in [-0.39, 0.29) is 0 Å². The number of halogens is 1. The van der Waals surface area contributed by atoms with Gasteiger partial charge in [-0.05, 0) is 23.6 Å². The minimum Gasteiger partial charge on any atom is -0.423 e. The Balaban J connectivity index is 2.62. The highest BCUT2D eigenvalue weighted by Crippen LogP contribution is 2.22. The zero-order valence-electron chi connectivity index (χ0n) is 6.57. The molecule has 1 aromatic heterocycles. The van der Waals surface area contributed by atoms with E-state index in [0.29, 0.717) is 9.80 Å². The lowest BCUT2D eigenvalue weighted by atomic mass is 9.89. The summed E-state index contributed by atoms with van der Waals surface area (Å²) in [5, 5.41) is 19.5. The third-order valence-electron chi connectivity index (χ3n) is 1.76. The molecule has 2 nitrogen and oxygen atoms in total. The Morgan fingerprint density at radius 1 is 1.23 bits per heavy atom. The molecule has 0 radical (unpaired) electrons. The predicted octanol–water partition coefficient (Wildman–Crippen LogP) is 1.23. The highest BCUT2D eigenvalue weighted by atomic mass is 35.5. The molecular weight excluding hydrogens is 206 g/mol. The van der Waals surface area contributed by atoms with Crippen molar-refractivity contribution in [2.75, 3.05) is 0 Å². The second-order valence-electron chi connectivity index (χ2n) is 2.70. The van der Waals surface area contributed by atoms with Crippen molar-refractivity contribution in [1.82, 2.24) is 0 Å². The van der Waals surface area contributed by atoms with Gasteiger partial charge in [0.25, 0.3) is 0 Å². The van der Waals surface area contributed by atoms with Crippen LogP contribution < -0.4 is 4.78 Å². The van der Waals surface area contributed by atoms with E-state index < -0.39 is 7.12 Å². The zero-order chi connectivity index (χ0) is 9.42. The van der Waals surface area contributed by atoms with Crippen LogP contribution in [0.15, 0.2) is 24.3 Å². The maximum Gasteiger partial charge on any atom is 0.499 e. The summed E-state index contributed by atoms with van der Waals surface area (Å²) in [5.74, 6) is 0. The van der Waals surface area contributed by atoms with E-state index in [4.69, 9.17) is 21.6 Å². The van der Waals surface area contributed by atoms with Crippen LogP contribution in [0.3, 0.4) is 0 Å². The summed E-state index contributed by atoms with van der Waals surface area (Å²) in [6.45, 7) is 0. The van der Waals surface area contributed by atoms with Gasteiger partial charge in [-0.15, -0.1) is 11.3 Å². The van der Waals surface area contributed by atoms with Gasteiger partial charge in [-0.2, -0.15) is 0 Å². The van der Waals surface area contributed by atoms with Crippen molar-refractivity contribution < 1.29 is 10.0 Å². The van der Waals surface area contributed by atoms with Crippen molar-refractivity contribution in [3.8, 4) is 0 Å². The number of rotatable bonds is 1. The molecule has 0 aliphatic heterocycles. The highest BCUT2D eigenvalue weighted by Gasteiger charge is 2.14. The monoisotopic (exact) mass is 212 g/mol. The number of thiophene rings is 1. The van der Waals surface area contributed by atoms with Gasteiger partial charge in [-0.1, -0.05) is 17.7 Å². The Morgan fingerprint density at radius 3 is 2.69 bits per heavy atom. The summed E-state index contributed by atoms with van der Waals surface area (Å²) < 4.78 is 1.51. The van der Waals surface area contributed by atoms with Gasteiger partial charge < -0.3 is 10.0 Å². The van der Waals surface area contributed by atoms with E-state index in [1.807, 2.05) is 12.1 Å². The molecule has 0 aliphatic carbocycles. The van der Waals surface area contributed by atoms with Gasteiger partial charge in [0.2, 0.25) is 0 Å². The fourth-order valence-electron chi connectivity index (χ4n) is 1.15. The molecule has 0 aliphatic rings. The minimum absolute atomic E-state index is 0.539. The lowest BCUT2D eigenvalue weighted by Crippen LogP contribution is -2.26. The summed E-state index contributed by atoms with van der Waals surface area (Å²) >= 11 is 7.12. The van der Waals surface area contributed by atoms with E-state index in [1.165, 1.54) is 11.3 Å². The maximum absolute atomic E-state index is 8.93. The average Bonchev–Trinajstić information content (AvgIpc) is 2.46. The van der Waals surface area contributed by atoms with Crippen molar-refractivity contribution >= 4 is 44.9 Å². The maximum atomic E-state index is 8.93. The van der Waals surface area contributed by atoms with Gasteiger partial charge in [-0.25, -0.2) is 0 Å². The molecule has 0 spiro atoms. The minimum atomic E-state index is -1.39. The second kappa shape index (κ2) is 3.31.